The van der Waals surface area contributed by atoms with Crippen LogP contribution in [0.2, 0.25) is 0 Å². The Morgan fingerprint density at radius 3 is 2.52 bits per heavy atom. The number of methoxy groups -OCH3 is 2. The molecule has 0 bridgehead atoms. The Labute approximate surface area is 147 Å². The second kappa shape index (κ2) is 6.89. The number of para-hydroxylation sites is 1. The largest absolute Gasteiger partial charge is 0.493 e. The number of amides is 1. The zero-order chi connectivity index (χ0) is 18.0. The molecule has 3 aromatic rings. The SMILES string of the molecule is COc1ccc(CNC(=O)c2c(C)n(C)c3ccccc23)cc1OC. The Hall–Kier alpha value is -2.95. The van der Waals surface area contributed by atoms with Gasteiger partial charge in [0.05, 0.1) is 19.8 Å². The number of nitrogens with one attached hydrogen (secondary N) is 1. The molecule has 0 spiro atoms. The standard InChI is InChI=1S/C20H22N2O3/c1-13-19(15-7-5-6-8-16(15)22(13)2)20(23)21-12-14-9-10-17(24-3)18(11-14)25-4/h5-11H,12H2,1-4H3,(H,21,23). The van der Waals surface area contributed by atoms with Crippen molar-refractivity contribution in [3.63, 3.8) is 0 Å². The van der Waals surface area contributed by atoms with E-state index in [1.54, 1.807) is 14.2 Å². The lowest BCUT2D eigenvalue weighted by Crippen LogP contribution is -2.23. The van der Waals surface area contributed by atoms with E-state index in [9.17, 15) is 4.79 Å². The predicted molar refractivity (Wildman–Crippen MR) is 98.4 cm³/mol. The van der Waals surface area contributed by atoms with E-state index in [0.717, 1.165) is 27.7 Å². The molecule has 3 rings (SSSR count). The van der Waals surface area contributed by atoms with Crippen LogP contribution in [0.15, 0.2) is 42.5 Å². The minimum atomic E-state index is -0.0796. The zero-order valence-corrected chi connectivity index (χ0v) is 14.9. The van der Waals surface area contributed by atoms with Gasteiger partial charge in [0.2, 0.25) is 0 Å². The molecule has 25 heavy (non-hydrogen) atoms. The summed E-state index contributed by atoms with van der Waals surface area (Å²) in [5.41, 5.74) is 3.67. The van der Waals surface area contributed by atoms with E-state index in [1.807, 2.05) is 61.0 Å². The number of carbonyl (C=O) groups is 1. The van der Waals surface area contributed by atoms with Crippen molar-refractivity contribution in [2.24, 2.45) is 7.05 Å². The summed E-state index contributed by atoms with van der Waals surface area (Å²) in [6.45, 7) is 2.38. The first kappa shape index (κ1) is 16.9. The van der Waals surface area contributed by atoms with E-state index in [4.69, 9.17) is 9.47 Å². The lowest BCUT2D eigenvalue weighted by Gasteiger charge is -2.10. The molecule has 1 aromatic heterocycles. The summed E-state index contributed by atoms with van der Waals surface area (Å²) < 4.78 is 12.6. The normalized spacial score (nSPS) is 10.7. The van der Waals surface area contributed by atoms with Gasteiger partial charge in [-0.15, -0.1) is 0 Å². The summed E-state index contributed by atoms with van der Waals surface area (Å²) in [7, 11) is 5.17. The second-order valence-corrected chi connectivity index (χ2v) is 5.91. The van der Waals surface area contributed by atoms with Crippen molar-refractivity contribution in [2.75, 3.05) is 14.2 Å². The van der Waals surface area contributed by atoms with E-state index < -0.39 is 0 Å². The van der Waals surface area contributed by atoms with Gasteiger partial charge in [0.1, 0.15) is 0 Å². The molecule has 5 nitrogen and oxygen atoms in total. The first-order valence-corrected chi connectivity index (χ1v) is 8.10. The van der Waals surface area contributed by atoms with Gasteiger partial charge in [-0.1, -0.05) is 24.3 Å². The summed E-state index contributed by atoms with van der Waals surface area (Å²) in [4.78, 5) is 12.8. The molecule has 0 aliphatic heterocycles. The Bertz CT molecular complexity index is 928. The van der Waals surface area contributed by atoms with Crippen molar-refractivity contribution < 1.29 is 14.3 Å². The van der Waals surface area contributed by atoms with Gasteiger partial charge in [0.15, 0.2) is 11.5 Å². The van der Waals surface area contributed by atoms with Crippen LogP contribution >= 0.6 is 0 Å². The minimum absolute atomic E-state index is 0.0796. The molecule has 130 valence electrons. The first-order chi connectivity index (χ1) is 12.1. The van der Waals surface area contributed by atoms with Crippen molar-refractivity contribution in [3.8, 4) is 11.5 Å². The highest BCUT2D eigenvalue weighted by molar-refractivity contribution is 6.08. The molecule has 0 saturated carbocycles. The summed E-state index contributed by atoms with van der Waals surface area (Å²) >= 11 is 0. The van der Waals surface area contributed by atoms with Gasteiger partial charge in [-0.2, -0.15) is 0 Å². The van der Waals surface area contributed by atoms with Gasteiger partial charge >= 0.3 is 0 Å². The number of rotatable bonds is 5. The summed E-state index contributed by atoms with van der Waals surface area (Å²) in [5.74, 6) is 1.24. The number of hydrogen-bond donors (Lipinski definition) is 1. The molecule has 5 heteroatoms. The third kappa shape index (κ3) is 3.05. The lowest BCUT2D eigenvalue weighted by atomic mass is 10.1. The van der Waals surface area contributed by atoms with Crippen molar-refractivity contribution in [1.82, 2.24) is 9.88 Å². The number of carbonyl (C=O) groups excluding carboxylic acids is 1. The summed E-state index contributed by atoms with van der Waals surface area (Å²) in [6.07, 6.45) is 0. The fourth-order valence-electron chi connectivity index (χ4n) is 3.07. The van der Waals surface area contributed by atoms with Crippen molar-refractivity contribution >= 4 is 16.8 Å². The molecule has 1 amide bonds. The smallest absolute Gasteiger partial charge is 0.254 e. The topological polar surface area (TPSA) is 52.5 Å². The van der Waals surface area contributed by atoms with Crippen LogP contribution in [0.25, 0.3) is 10.9 Å². The third-order valence-corrected chi connectivity index (χ3v) is 4.53. The number of ether oxygens (including phenoxy) is 2. The highest BCUT2D eigenvalue weighted by Crippen LogP contribution is 2.28. The van der Waals surface area contributed by atoms with Crippen molar-refractivity contribution in [1.29, 1.82) is 0 Å². The number of benzene rings is 2. The number of aryl methyl sites for hydroxylation is 1. The van der Waals surface area contributed by atoms with Crippen LogP contribution in [0.5, 0.6) is 11.5 Å². The van der Waals surface area contributed by atoms with Gasteiger partial charge in [-0.3, -0.25) is 4.79 Å². The molecule has 0 saturated heterocycles. The van der Waals surface area contributed by atoms with Gasteiger partial charge < -0.3 is 19.4 Å². The summed E-state index contributed by atoms with van der Waals surface area (Å²) in [5, 5.41) is 3.97. The number of aromatic nitrogens is 1. The Balaban J connectivity index is 1.83. The van der Waals surface area contributed by atoms with Crippen LogP contribution in [0.1, 0.15) is 21.6 Å². The van der Waals surface area contributed by atoms with Gasteiger partial charge in [-0.05, 0) is 30.7 Å². The molecule has 0 unspecified atom stereocenters. The van der Waals surface area contributed by atoms with E-state index >= 15 is 0 Å². The maximum atomic E-state index is 12.8. The van der Waals surface area contributed by atoms with Crippen LogP contribution in [-0.4, -0.2) is 24.7 Å². The molecule has 1 heterocycles. The number of nitrogens with zero attached hydrogens (tertiary/aromatic N) is 1. The monoisotopic (exact) mass is 338 g/mol. The zero-order valence-electron chi connectivity index (χ0n) is 14.9. The van der Waals surface area contributed by atoms with Crippen molar-refractivity contribution in [3.05, 3.63) is 59.3 Å². The highest BCUT2D eigenvalue weighted by atomic mass is 16.5. The fraction of sp³-hybridized carbons (Fsp3) is 0.250. The maximum Gasteiger partial charge on any atom is 0.254 e. The quantitative estimate of drug-likeness (QED) is 0.775. The molecule has 0 aliphatic carbocycles. The Kier molecular flexibility index (Phi) is 4.65. The van der Waals surface area contributed by atoms with Gasteiger partial charge in [0.25, 0.3) is 5.91 Å². The molecule has 0 radical (unpaired) electrons. The maximum absolute atomic E-state index is 12.8. The number of fused-ring (bicyclic) bond motifs is 1. The number of hydrogen-bond acceptors (Lipinski definition) is 3. The molecule has 1 N–H and O–H groups in total. The van der Waals surface area contributed by atoms with E-state index in [2.05, 4.69) is 5.32 Å². The summed E-state index contributed by atoms with van der Waals surface area (Å²) in [6, 6.07) is 13.6. The van der Waals surface area contributed by atoms with Crippen LogP contribution in [0, 0.1) is 6.92 Å². The Morgan fingerprint density at radius 2 is 1.80 bits per heavy atom. The average molecular weight is 338 g/mol. The molecule has 0 atom stereocenters. The molecular weight excluding hydrogens is 316 g/mol. The molecule has 0 fully saturated rings. The molecular formula is C20H22N2O3. The predicted octanol–water partition coefficient (Wildman–Crippen LogP) is 3.43. The fourth-order valence-corrected chi connectivity index (χ4v) is 3.07. The van der Waals surface area contributed by atoms with Crippen LogP contribution in [0.3, 0.4) is 0 Å². The van der Waals surface area contributed by atoms with Crippen molar-refractivity contribution in [2.45, 2.75) is 13.5 Å². The Morgan fingerprint density at radius 1 is 1.08 bits per heavy atom. The minimum Gasteiger partial charge on any atom is -0.493 e. The first-order valence-electron chi connectivity index (χ1n) is 8.10. The van der Waals surface area contributed by atoms with E-state index in [1.165, 1.54) is 0 Å². The van der Waals surface area contributed by atoms with Crippen LogP contribution in [-0.2, 0) is 13.6 Å². The molecule has 2 aromatic carbocycles. The second-order valence-electron chi connectivity index (χ2n) is 5.91. The van der Waals surface area contributed by atoms with E-state index in [0.29, 0.717) is 18.0 Å². The van der Waals surface area contributed by atoms with E-state index in [-0.39, 0.29) is 5.91 Å². The average Bonchev–Trinajstić information content (AvgIpc) is 2.90. The van der Waals surface area contributed by atoms with Crippen LogP contribution < -0.4 is 14.8 Å². The third-order valence-electron chi connectivity index (χ3n) is 4.53. The van der Waals surface area contributed by atoms with Gasteiger partial charge in [0, 0.05) is 30.2 Å². The van der Waals surface area contributed by atoms with Gasteiger partial charge in [-0.25, -0.2) is 0 Å². The highest BCUT2D eigenvalue weighted by Gasteiger charge is 2.18. The molecule has 0 aliphatic rings. The van der Waals surface area contributed by atoms with Crippen LogP contribution in [0.4, 0.5) is 0 Å². The lowest BCUT2D eigenvalue weighted by molar-refractivity contribution is 0.0951.